The van der Waals surface area contributed by atoms with Crippen molar-refractivity contribution in [1.82, 2.24) is 5.32 Å². The molecule has 1 aliphatic heterocycles. The molecule has 0 spiro atoms. The summed E-state index contributed by atoms with van der Waals surface area (Å²) in [5.74, 6) is 0. The van der Waals surface area contributed by atoms with Crippen LogP contribution in [-0.2, 0) is 11.2 Å². The molecule has 0 bridgehead atoms. The zero-order valence-corrected chi connectivity index (χ0v) is 11.0. The van der Waals surface area contributed by atoms with Gasteiger partial charge in [0.05, 0.1) is 6.10 Å². The Morgan fingerprint density at radius 2 is 2.35 bits per heavy atom. The smallest absolute Gasteiger partial charge is 0.0731 e. The molecule has 0 radical (unpaired) electrons. The molecular formula is C14H20ClNO. The lowest BCUT2D eigenvalue weighted by Crippen LogP contribution is -2.42. The first-order valence-electron chi connectivity index (χ1n) is 6.33. The molecule has 1 aliphatic rings. The van der Waals surface area contributed by atoms with E-state index >= 15 is 0 Å². The van der Waals surface area contributed by atoms with E-state index < -0.39 is 0 Å². The summed E-state index contributed by atoms with van der Waals surface area (Å²) >= 11 is 6.01. The zero-order chi connectivity index (χ0) is 12.1. The first-order valence-corrected chi connectivity index (χ1v) is 6.70. The number of halogens is 1. The van der Waals surface area contributed by atoms with Crippen molar-refractivity contribution in [3.8, 4) is 0 Å². The van der Waals surface area contributed by atoms with Crippen LogP contribution in [0.15, 0.2) is 24.3 Å². The van der Waals surface area contributed by atoms with Gasteiger partial charge in [-0.15, -0.1) is 0 Å². The summed E-state index contributed by atoms with van der Waals surface area (Å²) in [5, 5.41) is 4.18. The molecule has 0 amide bonds. The number of hydrogen-bond donors (Lipinski definition) is 1. The number of ether oxygens (including phenoxy) is 1. The Bertz CT molecular complexity index is 350. The molecule has 1 saturated heterocycles. The van der Waals surface area contributed by atoms with Gasteiger partial charge in [-0.25, -0.2) is 0 Å². The Morgan fingerprint density at radius 3 is 3.00 bits per heavy atom. The van der Waals surface area contributed by atoms with Crippen molar-refractivity contribution >= 4 is 11.6 Å². The van der Waals surface area contributed by atoms with E-state index in [-0.39, 0.29) is 0 Å². The van der Waals surface area contributed by atoms with Gasteiger partial charge in [0.15, 0.2) is 0 Å². The maximum atomic E-state index is 6.01. The average molecular weight is 254 g/mol. The van der Waals surface area contributed by atoms with Crippen LogP contribution >= 0.6 is 11.6 Å². The normalized spacial score (nSPS) is 22.4. The van der Waals surface area contributed by atoms with E-state index in [0.29, 0.717) is 12.1 Å². The van der Waals surface area contributed by atoms with Crippen LogP contribution in [0, 0.1) is 0 Å². The van der Waals surface area contributed by atoms with E-state index in [2.05, 4.69) is 11.4 Å². The van der Waals surface area contributed by atoms with Crippen molar-refractivity contribution < 1.29 is 4.74 Å². The average Bonchev–Trinajstić information content (AvgIpc) is 2.37. The lowest BCUT2D eigenvalue weighted by molar-refractivity contribution is -0.00587. The number of likely N-dealkylation sites (N-methyl/N-ethyl adjacent to an activating group) is 1. The summed E-state index contributed by atoms with van der Waals surface area (Å²) in [7, 11) is 2.01. The predicted molar refractivity (Wildman–Crippen MR) is 71.6 cm³/mol. The third kappa shape index (κ3) is 3.70. The van der Waals surface area contributed by atoms with Crippen LogP contribution in [0.3, 0.4) is 0 Å². The van der Waals surface area contributed by atoms with Gasteiger partial charge >= 0.3 is 0 Å². The maximum absolute atomic E-state index is 6.01. The highest BCUT2D eigenvalue weighted by molar-refractivity contribution is 6.30. The third-order valence-corrected chi connectivity index (χ3v) is 3.61. The number of rotatable bonds is 4. The summed E-state index contributed by atoms with van der Waals surface area (Å²) in [6.45, 7) is 0.901. The van der Waals surface area contributed by atoms with E-state index in [1.54, 1.807) is 0 Å². The van der Waals surface area contributed by atoms with Gasteiger partial charge in [-0.3, -0.25) is 0 Å². The van der Waals surface area contributed by atoms with Gasteiger partial charge in [-0.2, -0.15) is 0 Å². The Hall–Kier alpha value is -0.570. The van der Waals surface area contributed by atoms with Crippen molar-refractivity contribution in [2.24, 2.45) is 0 Å². The number of benzene rings is 1. The minimum absolute atomic E-state index is 0.340. The molecule has 2 rings (SSSR count). The van der Waals surface area contributed by atoms with E-state index in [1.165, 1.54) is 18.4 Å². The fourth-order valence-electron chi connectivity index (χ4n) is 2.42. The molecule has 2 nitrogen and oxygen atoms in total. The van der Waals surface area contributed by atoms with Crippen molar-refractivity contribution in [2.75, 3.05) is 13.7 Å². The third-order valence-electron chi connectivity index (χ3n) is 3.38. The van der Waals surface area contributed by atoms with Gasteiger partial charge < -0.3 is 10.1 Å². The molecule has 1 N–H and O–H groups in total. The van der Waals surface area contributed by atoms with Crippen LogP contribution in [0.5, 0.6) is 0 Å². The van der Waals surface area contributed by atoms with Gasteiger partial charge in [0.1, 0.15) is 0 Å². The molecule has 0 aliphatic carbocycles. The largest absolute Gasteiger partial charge is 0.377 e. The van der Waals surface area contributed by atoms with E-state index in [1.807, 2.05) is 25.2 Å². The first kappa shape index (κ1) is 12.9. The molecule has 94 valence electrons. The predicted octanol–water partition coefficient (Wildman–Crippen LogP) is 3.04. The summed E-state index contributed by atoms with van der Waals surface area (Å²) in [4.78, 5) is 0. The van der Waals surface area contributed by atoms with Gasteiger partial charge in [0.2, 0.25) is 0 Å². The Kier molecular flexibility index (Phi) is 4.84. The molecule has 1 fully saturated rings. The van der Waals surface area contributed by atoms with Gasteiger partial charge in [0, 0.05) is 17.7 Å². The van der Waals surface area contributed by atoms with Crippen LogP contribution in [0.4, 0.5) is 0 Å². The lowest BCUT2D eigenvalue weighted by atomic mass is 9.96. The van der Waals surface area contributed by atoms with Crippen LogP contribution in [-0.4, -0.2) is 25.8 Å². The minimum Gasteiger partial charge on any atom is -0.377 e. The second-order valence-corrected chi connectivity index (χ2v) is 5.07. The van der Waals surface area contributed by atoms with Crippen molar-refractivity contribution in [1.29, 1.82) is 0 Å². The van der Waals surface area contributed by atoms with Crippen LogP contribution < -0.4 is 5.32 Å². The van der Waals surface area contributed by atoms with Crippen molar-refractivity contribution in [2.45, 2.75) is 37.8 Å². The summed E-state index contributed by atoms with van der Waals surface area (Å²) in [6, 6.07) is 8.46. The first-order chi connectivity index (χ1) is 8.29. The maximum Gasteiger partial charge on any atom is 0.0731 e. The molecule has 1 heterocycles. The van der Waals surface area contributed by atoms with E-state index in [9.17, 15) is 0 Å². The number of hydrogen-bond acceptors (Lipinski definition) is 2. The fraction of sp³-hybridized carbons (Fsp3) is 0.571. The van der Waals surface area contributed by atoms with Crippen LogP contribution in [0.25, 0.3) is 0 Å². The van der Waals surface area contributed by atoms with E-state index in [0.717, 1.165) is 24.5 Å². The highest BCUT2D eigenvalue weighted by Crippen LogP contribution is 2.19. The second kappa shape index (κ2) is 6.39. The fourth-order valence-corrected chi connectivity index (χ4v) is 2.63. The van der Waals surface area contributed by atoms with Crippen molar-refractivity contribution in [3.63, 3.8) is 0 Å². The summed E-state index contributed by atoms with van der Waals surface area (Å²) < 4.78 is 5.84. The Labute approximate surface area is 108 Å². The lowest BCUT2D eigenvalue weighted by Gasteiger charge is -2.30. The number of nitrogens with one attached hydrogen (secondary N) is 1. The van der Waals surface area contributed by atoms with Gasteiger partial charge in [0.25, 0.3) is 0 Å². The van der Waals surface area contributed by atoms with Crippen LogP contribution in [0.2, 0.25) is 5.02 Å². The monoisotopic (exact) mass is 253 g/mol. The molecule has 2 unspecified atom stereocenters. The highest BCUT2D eigenvalue weighted by Gasteiger charge is 2.23. The SMILES string of the molecule is CNC(Cc1cccc(Cl)c1)C1CCCCO1. The van der Waals surface area contributed by atoms with Crippen molar-refractivity contribution in [3.05, 3.63) is 34.9 Å². The summed E-state index contributed by atoms with van der Waals surface area (Å²) in [6.07, 6.45) is 4.95. The standard InChI is InChI=1S/C14H20ClNO/c1-16-13(14-7-2-3-8-17-14)10-11-5-4-6-12(15)9-11/h4-6,9,13-14,16H,2-3,7-8,10H2,1H3. The molecule has 0 saturated carbocycles. The summed E-state index contributed by atoms with van der Waals surface area (Å²) in [5.41, 5.74) is 1.27. The van der Waals surface area contributed by atoms with E-state index in [4.69, 9.17) is 16.3 Å². The van der Waals surface area contributed by atoms with Crippen LogP contribution in [0.1, 0.15) is 24.8 Å². The molecular weight excluding hydrogens is 234 g/mol. The zero-order valence-electron chi connectivity index (χ0n) is 10.3. The molecule has 2 atom stereocenters. The Morgan fingerprint density at radius 1 is 1.47 bits per heavy atom. The highest BCUT2D eigenvalue weighted by atomic mass is 35.5. The minimum atomic E-state index is 0.340. The van der Waals surface area contributed by atoms with Gasteiger partial charge in [-0.05, 0) is 50.4 Å². The molecule has 1 aromatic carbocycles. The molecule has 17 heavy (non-hydrogen) atoms. The molecule has 1 aromatic rings. The Balaban J connectivity index is 1.98. The topological polar surface area (TPSA) is 21.3 Å². The quantitative estimate of drug-likeness (QED) is 0.891. The van der Waals surface area contributed by atoms with Gasteiger partial charge in [-0.1, -0.05) is 23.7 Å². The molecule has 3 heteroatoms. The second-order valence-electron chi connectivity index (χ2n) is 4.63. The molecule has 0 aromatic heterocycles.